The Kier molecular flexibility index (Phi) is 4.16. The number of rotatable bonds is 3. The molecule has 2 aromatic rings. The highest BCUT2D eigenvalue weighted by atomic mass is 19.1. The molecule has 6 heteroatoms. The molecule has 1 atom stereocenters. The summed E-state index contributed by atoms with van der Waals surface area (Å²) in [4.78, 5) is 24.0. The fraction of sp³-hybridized carbons (Fsp3) is 0.267. The van der Waals surface area contributed by atoms with Crippen molar-refractivity contribution < 1.29 is 9.18 Å². The van der Waals surface area contributed by atoms with Gasteiger partial charge in [-0.2, -0.15) is 5.10 Å². The molecule has 21 heavy (non-hydrogen) atoms. The average molecular weight is 289 g/mol. The van der Waals surface area contributed by atoms with Gasteiger partial charge in [0.2, 0.25) is 5.91 Å². The number of hydrogen-bond acceptors (Lipinski definition) is 3. The third-order valence-corrected chi connectivity index (χ3v) is 3.23. The molecule has 1 amide bonds. The summed E-state index contributed by atoms with van der Waals surface area (Å²) in [5.74, 6) is -0.875. The maximum Gasteiger partial charge on any atom is 0.267 e. The number of anilines is 1. The average Bonchev–Trinajstić information content (AvgIpc) is 2.42. The van der Waals surface area contributed by atoms with Gasteiger partial charge in [-0.3, -0.25) is 9.59 Å². The van der Waals surface area contributed by atoms with Crippen molar-refractivity contribution in [3.05, 3.63) is 57.8 Å². The summed E-state index contributed by atoms with van der Waals surface area (Å²) in [5, 5.41) is 6.69. The monoisotopic (exact) mass is 289 g/mol. The molecule has 0 spiro atoms. The van der Waals surface area contributed by atoms with Gasteiger partial charge < -0.3 is 5.32 Å². The van der Waals surface area contributed by atoms with Crippen LogP contribution in [-0.4, -0.2) is 15.7 Å². The van der Waals surface area contributed by atoms with E-state index in [1.54, 1.807) is 26.8 Å². The van der Waals surface area contributed by atoms with Crippen molar-refractivity contribution in [1.29, 1.82) is 0 Å². The van der Waals surface area contributed by atoms with E-state index in [4.69, 9.17) is 0 Å². The molecule has 1 aromatic carbocycles. The van der Waals surface area contributed by atoms with Crippen molar-refractivity contribution in [3.8, 4) is 0 Å². The van der Waals surface area contributed by atoms with E-state index in [9.17, 15) is 14.0 Å². The third-order valence-electron chi connectivity index (χ3n) is 3.23. The summed E-state index contributed by atoms with van der Waals surface area (Å²) in [6.45, 7) is 5.12. The van der Waals surface area contributed by atoms with E-state index >= 15 is 0 Å². The molecule has 1 N–H and O–H groups in total. The number of carbonyl (C=O) groups is 1. The molecule has 1 heterocycles. The van der Waals surface area contributed by atoms with E-state index < -0.39 is 17.8 Å². The number of nitrogens with one attached hydrogen (secondary N) is 1. The zero-order chi connectivity index (χ0) is 15.6. The molecular weight excluding hydrogens is 273 g/mol. The second-order valence-electron chi connectivity index (χ2n) is 4.87. The van der Waals surface area contributed by atoms with Crippen LogP contribution in [0.5, 0.6) is 0 Å². The Morgan fingerprint density at radius 2 is 2.05 bits per heavy atom. The first-order valence-corrected chi connectivity index (χ1v) is 6.52. The second-order valence-corrected chi connectivity index (χ2v) is 4.87. The van der Waals surface area contributed by atoms with Crippen LogP contribution in [0.1, 0.15) is 24.2 Å². The van der Waals surface area contributed by atoms with Crippen molar-refractivity contribution in [2.45, 2.75) is 26.8 Å². The smallest absolute Gasteiger partial charge is 0.267 e. The van der Waals surface area contributed by atoms with Crippen molar-refractivity contribution in [2.75, 3.05) is 5.32 Å². The molecule has 0 aliphatic carbocycles. The number of hydrogen-bond donors (Lipinski definition) is 1. The number of aromatic nitrogens is 2. The predicted molar refractivity (Wildman–Crippen MR) is 77.7 cm³/mol. The van der Waals surface area contributed by atoms with E-state index in [1.165, 1.54) is 24.3 Å². The number of aryl methyl sites for hydroxylation is 2. The Bertz CT molecular complexity index is 740. The third kappa shape index (κ3) is 3.34. The lowest BCUT2D eigenvalue weighted by atomic mass is 10.2. The van der Waals surface area contributed by atoms with Crippen molar-refractivity contribution >= 4 is 11.6 Å². The highest BCUT2D eigenvalue weighted by molar-refractivity contribution is 5.93. The number of amides is 1. The van der Waals surface area contributed by atoms with Crippen LogP contribution in [0.15, 0.2) is 35.1 Å². The summed E-state index contributed by atoms with van der Waals surface area (Å²) in [6.07, 6.45) is 0. The summed E-state index contributed by atoms with van der Waals surface area (Å²) in [5.41, 5.74) is 1.44. The molecule has 0 saturated heterocycles. The van der Waals surface area contributed by atoms with Gasteiger partial charge in [-0.15, -0.1) is 0 Å². The molecule has 5 nitrogen and oxygen atoms in total. The Morgan fingerprint density at radius 1 is 1.33 bits per heavy atom. The minimum absolute atomic E-state index is 0.337. The van der Waals surface area contributed by atoms with Crippen LogP contribution >= 0.6 is 0 Å². The standard InChI is InChI=1S/C15H16FN3O2/c1-9-7-14(20)19(18-10(9)2)11(3)15(21)17-13-6-4-5-12(16)8-13/h4-8,11H,1-3H3,(H,17,21). The largest absolute Gasteiger partial charge is 0.324 e. The Morgan fingerprint density at radius 3 is 2.71 bits per heavy atom. The number of benzene rings is 1. The summed E-state index contributed by atoms with van der Waals surface area (Å²) in [6, 6.07) is 6.21. The van der Waals surface area contributed by atoms with E-state index in [0.29, 0.717) is 11.4 Å². The lowest BCUT2D eigenvalue weighted by Gasteiger charge is -2.15. The van der Waals surface area contributed by atoms with Gasteiger partial charge in [0.05, 0.1) is 5.69 Å². The van der Waals surface area contributed by atoms with Gasteiger partial charge in [0, 0.05) is 11.8 Å². The van der Waals surface area contributed by atoms with Crippen LogP contribution < -0.4 is 10.9 Å². The van der Waals surface area contributed by atoms with Gasteiger partial charge in [0.1, 0.15) is 11.9 Å². The summed E-state index contributed by atoms with van der Waals surface area (Å²) < 4.78 is 14.2. The van der Waals surface area contributed by atoms with Gasteiger partial charge in [-0.25, -0.2) is 9.07 Å². The molecule has 110 valence electrons. The number of halogens is 1. The Labute approximate surface area is 121 Å². The molecule has 0 aliphatic heterocycles. The van der Waals surface area contributed by atoms with Gasteiger partial charge in [0.15, 0.2) is 0 Å². The molecule has 1 aromatic heterocycles. The highest BCUT2D eigenvalue weighted by Gasteiger charge is 2.18. The van der Waals surface area contributed by atoms with Crippen molar-refractivity contribution in [2.24, 2.45) is 0 Å². The van der Waals surface area contributed by atoms with E-state index in [1.807, 2.05) is 0 Å². The van der Waals surface area contributed by atoms with E-state index in [0.717, 1.165) is 10.2 Å². The molecule has 0 aliphatic rings. The maximum absolute atomic E-state index is 13.1. The van der Waals surface area contributed by atoms with Crippen molar-refractivity contribution in [3.63, 3.8) is 0 Å². The molecule has 0 fully saturated rings. The molecule has 0 saturated carbocycles. The lowest BCUT2D eigenvalue weighted by Crippen LogP contribution is -2.33. The SMILES string of the molecule is Cc1cc(=O)n(C(C)C(=O)Nc2cccc(F)c2)nc1C. The molecule has 1 unspecified atom stereocenters. The first kappa shape index (κ1) is 14.9. The first-order valence-electron chi connectivity index (χ1n) is 6.52. The topological polar surface area (TPSA) is 64.0 Å². The Hall–Kier alpha value is -2.50. The van der Waals surface area contributed by atoms with E-state index in [2.05, 4.69) is 10.4 Å². The first-order chi connectivity index (χ1) is 9.88. The van der Waals surface area contributed by atoms with Crippen LogP contribution in [-0.2, 0) is 4.79 Å². The zero-order valence-electron chi connectivity index (χ0n) is 12.1. The molecular formula is C15H16FN3O2. The number of carbonyl (C=O) groups excluding carboxylic acids is 1. The predicted octanol–water partition coefficient (Wildman–Crippen LogP) is 2.20. The fourth-order valence-corrected chi connectivity index (χ4v) is 1.85. The maximum atomic E-state index is 13.1. The molecule has 0 bridgehead atoms. The van der Waals surface area contributed by atoms with Gasteiger partial charge in [-0.1, -0.05) is 6.07 Å². The van der Waals surface area contributed by atoms with Gasteiger partial charge in [0.25, 0.3) is 5.56 Å². The van der Waals surface area contributed by atoms with Crippen LogP contribution in [0.25, 0.3) is 0 Å². The van der Waals surface area contributed by atoms with Crippen LogP contribution in [0.4, 0.5) is 10.1 Å². The second kappa shape index (κ2) is 5.87. The summed E-state index contributed by atoms with van der Waals surface area (Å²) in [7, 11) is 0. The lowest BCUT2D eigenvalue weighted by molar-refractivity contribution is -0.119. The minimum Gasteiger partial charge on any atom is -0.324 e. The van der Waals surface area contributed by atoms with Crippen LogP contribution in [0.3, 0.4) is 0 Å². The van der Waals surface area contributed by atoms with Crippen LogP contribution in [0.2, 0.25) is 0 Å². The molecule has 2 rings (SSSR count). The molecule has 0 radical (unpaired) electrons. The number of nitrogens with zero attached hydrogens (tertiary/aromatic N) is 2. The van der Waals surface area contributed by atoms with Gasteiger partial charge in [-0.05, 0) is 44.5 Å². The highest BCUT2D eigenvalue weighted by Crippen LogP contribution is 2.12. The van der Waals surface area contributed by atoms with Gasteiger partial charge >= 0.3 is 0 Å². The summed E-state index contributed by atoms with van der Waals surface area (Å²) >= 11 is 0. The minimum atomic E-state index is -0.792. The normalized spacial score (nSPS) is 12.0. The zero-order valence-corrected chi connectivity index (χ0v) is 12.1. The van der Waals surface area contributed by atoms with Crippen molar-refractivity contribution in [1.82, 2.24) is 9.78 Å². The van der Waals surface area contributed by atoms with E-state index in [-0.39, 0.29) is 5.56 Å². The van der Waals surface area contributed by atoms with Crippen LogP contribution in [0, 0.1) is 19.7 Å². The quantitative estimate of drug-likeness (QED) is 0.942. The Balaban J connectivity index is 2.24. The fourth-order valence-electron chi connectivity index (χ4n) is 1.85.